The largest absolute Gasteiger partial charge is 0.327 e. The molecule has 3 atom stereocenters. The number of fused-ring (bicyclic) bond motifs is 1. The topological polar surface area (TPSA) is 26.0 Å². The lowest BCUT2D eigenvalue weighted by atomic mass is 9.77. The molecule has 0 spiro atoms. The molecule has 0 saturated heterocycles. The van der Waals surface area contributed by atoms with Gasteiger partial charge in [0, 0.05) is 6.04 Å². The Hall–Kier alpha value is -0.820. The standard InChI is InChI=1S/C17H25N/c1-12(13-9-10-13)17(18)11-15-7-4-6-14-5-2-3-8-16(14)15/h2-3,5,8,12-13,15,17H,4,6-7,9-11,18H2,1H3. The lowest BCUT2D eigenvalue weighted by Crippen LogP contribution is -2.32. The zero-order valence-corrected chi connectivity index (χ0v) is 11.4. The number of benzene rings is 1. The van der Waals surface area contributed by atoms with Crippen molar-refractivity contribution in [3.8, 4) is 0 Å². The summed E-state index contributed by atoms with van der Waals surface area (Å²) in [6.45, 7) is 2.36. The van der Waals surface area contributed by atoms with E-state index in [1.165, 1.54) is 38.5 Å². The molecule has 1 aromatic carbocycles. The van der Waals surface area contributed by atoms with E-state index in [9.17, 15) is 0 Å². The molecule has 2 N–H and O–H groups in total. The highest BCUT2D eigenvalue weighted by Crippen LogP contribution is 2.41. The normalized spacial score (nSPS) is 26.4. The second-order valence-corrected chi connectivity index (χ2v) is 6.38. The van der Waals surface area contributed by atoms with Crippen LogP contribution in [-0.4, -0.2) is 6.04 Å². The molecule has 0 radical (unpaired) electrons. The molecule has 3 rings (SSSR count). The Morgan fingerprint density at radius 1 is 1.22 bits per heavy atom. The van der Waals surface area contributed by atoms with Crippen LogP contribution in [0.1, 0.15) is 56.1 Å². The monoisotopic (exact) mass is 243 g/mol. The van der Waals surface area contributed by atoms with Crippen molar-refractivity contribution >= 4 is 0 Å². The predicted octanol–water partition coefficient (Wildman–Crippen LogP) is 3.87. The molecule has 98 valence electrons. The van der Waals surface area contributed by atoms with E-state index in [1.807, 2.05) is 0 Å². The molecule has 2 aliphatic rings. The molecule has 0 amide bonds. The van der Waals surface area contributed by atoms with E-state index >= 15 is 0 Å². The number of nitrogens with two attached hydrogens (primary N) is 1. The zero-order chi connectivity index (χ0) is 12.5. The molecule has 1 heteroatoms. The van der Waals surface area contributed by atoms with Crippen LogP contribution in [0.2, 0.25) is 0 Å². The Labute approximate surface area is 111 Å². The van der Waals surface area contributed by atoms with Gasteiger partial charge in [-0.1, -0.05) is 31.2 Å². The fraction of sp³-hybridized carbons (Fsp3) is 0.647. The lowest BCUT2D eigenvalue weighted by molar-refractivity contribution is 0.351. The highest BCUT2D eigenvalue weighted by molar-refractivity contribution is 5.32. The summed E-state index contributed by atoms with van der Waals surface area (Å²) in [6, 6.07) is 9.39. The van der Waals surface area contributed by atoms with Crippen LogP contribution < -0.4 is 5.73 Å². The minimum absolute atomic E-state index is 0.397. The first-order chi connectivity index (χ1) is 8.75. The third-order valence-electron chi connectivity index (χ3n) is 5.09. The highest BCUT2D eigenvalue weighted by atomic mass is 14.7. The summed E-state index contributed by atoms with van der Waals surface area (Å²) in [7, 11) is 0. The Morgan fingerprint density at radius 3 is 2.78 bits per heavy atom. The van der Waals surface area contributed by atoms with Gasteiger partial charge in [0.25, 0.3) is 0 Å². The summed E-state index contributed by atoms with van der Waals surface area (Å²) in [5.41, 5.74) is 9.60. The van der Waals surface area contributed by atoms with E-state index in [-0.39, 0.29) is 0 Å². The smallest absolute Gasteiger partial charge is 0.00729 e. The lowest BCUT2D eigenvalue weighted by Gasteiger charge is -2.30. The van der Waals surface area contributed by atoms with E-state index < -0.39 is 0 Å². The summed E-state index contributed by atoms with van der Waals surface area (Å²) >= 11 is 0. The number of hydrogen-bond acceptors (Lipinski definition) is 1. The fourth-order valence-corrected chi connectivity index (χ4v) is 3.61. The third-order valence-corrected chi connectivity index (χ3v) is 5.09. The van der Waals surface area contributed by atoms with Crippen LogP contribution in [0, 0.1) is 11.8 Å². The van der Waals surface area contributed by atoms with Gasteiger partial charge in [0.15, 0.2) is 0 Å². The van der Waals surface area contributed by atoms with E-state index in [2.05, 4.69) is 31.2 Å². The first-order valence-electron chi connectivity index (χ1n) is 7.59. The maximum absolute atomic E-state index is 6.45. The van der Waals surface area contributed by atoms with Gasteiger partial charge in [0.2, 0.25) is 0 Å². The average molecular weight is 243 g/mol. The predicted molar refractivity (Wildman–Crippen MR) is 76.6 cm³/mol. The molecule has 0 heterocycles. The molecule has 1 saturated carbocycles. The number of hydrogen-bond donors (Lipinski definition) is 1. The van der Waals surface area contributed by atoms with Crippen LogP contribution in [0.15, 0.2) is 24.3 Å². The maximum atomic E-state index is 6.45. The van der Waals surface area contributed by atoms with Crippen molar-refractivity contribution in [1.82, 2.24) is 0 Å². The van der Waals surface area contributed by atoms with Crippen molar-refractivity contribution in [1.29, 1.82) is 0 Å². The van der Waals surface area contributed by atoms with Gasteiger partial charge in [0.1, 0.15) is 0 Å². The third kappa shape index (κ3) is 2.47. The van der Waals surface area contributed by atoms with E-state index in [4.69, 9.17) is 5.73 Å². The van der Waals surface area contributed by atoms with Crippen molar-refractivity contribution in [2.45, 2.75) is 57.4 Å². The molecular weight excluding hydrogens is 218 g/mol. The Kier molecular flexibility index (Phi) is 3.43. The van der Waals surface area contributed by atoms with Gasteiger partial charge < -0.3 is 5.73 Å². The molecule has 18 heavy (non-hydrogen) atoms. The summed E-state index contributed by atoms with van der Waals surface area (Å²) in [4.78, 5) is 0. The van der Waals surface area contributed by atoms with Crippen molar-refractivity contribution in [2.24, 2.45) is 17.6 Å². The Balaban J connectivity index is 1.69. The first-order valence-corrected chi connectivity index (χ1v) is 7.59. The molecular formula is C17H25N. The van der Waals surface area contributed by atoms with Gasteiger partial charge in [0.05, 0.1) is 0 Å². The Bertz CT molecular complexity index is 408. The zero-order valence-electron chi connectivity index (χ0n) is 11.4. The fourth-order valence-electron chi connectivity index (χ4n) is 3.61. The molecule has 1 nitrogen and oxygen atoms in total. The molecule has 2 aliphatic carbocycles. The number of rotatable bonds is 4. The average Bonchev–Trinajstić information content (AvgIpc) is 3.22. The van der Waals surface area contributed by atoms with Crippen LogP contribution in [-0.2, 0) is 6.42 Å². The summed E-state index contributed by atoms with van der Waals surface area (Å²) in [5.74, 6) is 2.36. The molecule has 0 aromatic heterocycles. The van der Waals surface area contributed by atoms with Crippen LogP contribution in [0.5, 0.6) is 0 Å². The highest BCUT2D eigenvalue weighted by Gasteiger charge is 2.33. The number of aryl methyl sites for hydroxylation is 1. The molecule has 0 bridgehead atoms. The van der Waals surface area contributed by atoms with Gasteiger partial charge in [-0.3, -0.25) is 0 Å². The van der Waals surface area contributed by atoms with Gasteiger partial charge in [-0.2, -0.15) is 0 Å². The Morgan fingerprint density at radius 2 is 2.00 bits per heavy atom. The van der Waals surface area contributed by atoms with Crippen LogP contribution in [0.3, 0.4) is 0 Å². The molecule has 1 fully saturated rings. The van der Waals surface area contributed by atoms with Gasteiger partial charge >= 0.3 is 0 Å². The van der Waals surface area contributed by atoms with Gasteiger partial charge in [-0.25, -0.2) is 0 Å². The summed E-state index contributed by atoms with van der Waals surface area (Å²) in [6.07, 6.45) is 7.95. The van der Waals surface area contributed by atoms with Crippen LogP contribution in [0.4, 0.5) is 0 Å². The van der Waals surface area contributed by atoms with E-state index in [0.717, 1.165) is 11.8 Å². The first kappa shape index (κ1) is 12.2. The van der Waals surface area contributed by atoms with E-state index in [0.29, 0.717) is 12.0 Å². The minimum atomic E-state index is 0.397. The summed E-state index contributed by atoms with van der Waals surface area (Å²) < 4.78 is 0. The molecule has 3 unspecified atom stereocenters. The van der Waals surface area contributed by atoms with Crippen molar-refractivity contribution in [3.63, 3.8) is 0 Å². The molecule has 1 aromatic rings. The van der Waals surface area contributed by atoms with Gasteiger partial charge in [-0.05, 0) is 67.4 Å². The van der Waals surface area contributed by atoms with Gasteiger partial charge in [-0.15, -0.1) is 0 Å². The van der Waals surface area contributed by atoms with Crippen molar-refractivity contribution in [2.75, 3.05) is 0 Å². The summed E-state index contributed by atoms with van der Waals surface area (Å²) in [5, 5.41) is 0. The van der Waals surface area contributed by atoms with Crippen LogP contribution in [0.25, 0.3) is 0 Å². The van der Waals surface area contributed by atoms with Crippen molar-refractivity contribution < 1.29 is 0 Å². The molecule has 0 aliphatic heterocycles. The second kappa shape index (κ2) is 5.05. The van der Waals surface area contributed by atoms with Crippen LogP contribution >= 0.6 is 0 Å². The second-order valence-electron chi connectivity index (χ2n) is 6.38. The van der Waals surface area contributed by atoms with Crippen molar-refractivity contribution in [3.05, 3.63) is 35.4 Å². The SMILES string of the molecule is CC(C(N)CC1CCCc2ccccc21)C1CC1. The van der Waals surface area contributed by atoms with E-state index in [1.54, 1.807) is 11.1 Å². The quantitative estimate of drug-likeness (QED) is 0.853. The maximum Gasteiger partial charge on any atom is 0.00729 e. The minimum Gasteiger partial charge on any atom is -0.327 e.